The molecule has 0 bridgehead atoms. The van der Waals surface area contributed by atoms with Crippen molar-refractivity contribution < 1.29 is 28.4 Å². The maximum absolute atomic E-state index is 11.2. The van der Waals surface area contributed by atoms with Gasteiger partial charge in [0, 0.05) is 0 Å². The van der Waals surface area contributed by atoms with Gasteiger partial charge in [-0.3, -0.25) is 0 Å². The quantitative estimate of drug-likeness (QED) is 0.637. The first-order valence-corrected chi connectivity index (χ1v) is 18.3. The number of rotatable bonds is 4. The molecule has 2 aromatic rings. The van der Waals surface area contributed by atoms with Crippen molar-refractivity contribution >= 4 is 8.25 Å². The monoisotopic (exact) mass is 488 g/mol. The SMILES string of the molecule is O[C@]1(Cc2ccccc2)Cc2ccccc2[C@H]([CH2][Hg][Cl])C1. The Balaban J connectivity index is 1.88. The molecule has 0 radical (unpaired) electrons. The zero-order chi connectivity index (χ0) is 14.7. The summed E-state index contributed by atoms with van der Waals surface area (Å²) in [6.07, 6.45) is 2.34. The van der Waals surface area contributed by atoms with Crippen LogP contribution in [0.2, 0.25) is 3.93 Å². The molecule has 2 aromatic carbocycles. The minimum absolute atomic E-state index is 0.461. The van der Waals surface area contributed by atoms with Gasteiger partial charge in [-0.1, -0.05) is 0 Å². The second-order valence-electron chi connectivity index (χ2n) is 6.14. The van der Waals surface area contributed by atoms with Crippen molar-refractivity contribution in [3.8, 4) is 0 Å². The van der Waals surface area contributed by atoms with E-state index in [9.17, 15) is 5.11 Å². The molecule has 3 rings (SSSR count). The van der Waals surface area contributed by atoms with Gasteiger partial charge in [0.1, 0.15) is 0 Å². The zero-order valence-electron chi connectivity index (χ0n) is 12.1. The van der Waals surface area contributed by atoms with Crippen LogP contribution < -0.4 is 0 Å². The molecule has 0 spiro atoms. The van der Waals surface area contributed by atoms with E-state index in [1.807, 2.05) is 18.2 Å². The van der Waals surface area contributed by atoms with Crippen LogP contribution >= 0.6 is 8.25 Å². The van der Waals surface area contributed by atoms with Gasteiger partial charge in [-0.2, -0.15) is 0 Å². The zero-order valence-corrected chi connectivity index (χ0v) is 18.4. The van der Waals surface area contributed by atoms with E-state index in [1.54, 1.807) is 0 Å². The predicted molar refractivity (Wildman–Crippen MR) is 83.3 cm³/mol. The number of hydrogen-bond acceptors (Lipinski definition) is 1. The standard InChI is InChI=1S/C18H19O.ClH.Hg/c1-14-11-18(19,12-15-7-3-2-4-8-15)13-16-9-5-6-10-17(14)16;;/h2-10,14,19H,1,11-13H2;1H;/q;;+1/p-1/t14-,18-;;/m1../s1. The van der Waals surface area contributed by atoms with E-state index in [1.165, 1.54) is 16.7 Å². The maximum atomic E-state index is 11.2. The molecule has 106 valence electrons. The average molecular weight is 487 g/mol. The summed E-state index contributed by atoms with van der Waals surface area (Å²) in [5.41, 5.74) is 3.33. The Kier molecular flexibility index (Phi) is 5.03. The Morgan fingerprint density at radius 2 is 1.81 bits per heavy atom. The third-order valence-corrected chi connectivity index (χ3v) is 9.95. The van der Waals surface area contributed by atoms with Crippen LogP contribution in [-0.2, 0) is 36.2 Å². The predicted octanol–water partition coefficient (Wildman–Crippen LogP) is 4.34. The van der Waals surface area contributed by atoms with Crippen LogP contribution in [-0.4, -0.2) is 10.7 Å². The van der Waals surface area contributed by atoms with Gasteiger partial charge in [0.2, 0.25) is 0 Å². The summed E-state index contributed by atoms with van der Waals surface area (Å²) in [6, 6.07) is 18.9. The van der Waals surface area contributed by atoms with Gasteiger partial charge in [-0.15, -0.1) is 0 Å². The molecule has 0 saturated heterocycles. The molecule has 1 aliphatic rings. The summed E-state index contributed by atoms with van der Waals surface area (Å²) < 4.78 is 1.15. The fourth-order valence-corrected chi connectivity index (χ4v) is 8.93. The van der Waals surface area contributed by atoms with Crippen LogP contribution in [0, 0.1) is 0 Å². The molecule has 3 heteroatoms. The molecule has 21 heavy (non-hydrogen) atoms. The van der Waals surface area contributed by atoms with Crippen molar-refractivity contribution in [3.63, 3.8) is 0 Å². The van der Waals surface area contributed by atoms with Gasteiger partial charge < -0.3 is 0 Å². The molecule has 0 saturated carbocycles. The van der Waals surface area contributed by atoms with E-state index < -0.39 is 28.9 Å². The molecule has 0 amide bonds. The third-order valence-electron chi connectivity index (χ3n) is 4.47. The average Bonchev–Trinajstić information content (AvgIpc) is 2.48. The molecule has 0 heterocycles. The van der Waals surface area contributed by atoms with Crippen LogP contribution in [0.1, 0.15) is 29.0 Å². The van der Waals surface area contributed by atoms with Crippen molar-refractivity contribution in [2.24, 2.45) is 0 Å². The molecular weight excluding hydrogens is 468 g/mol. The number of halogens is 1. The Morgan fingerprint density at radius 3 is 2.57 bits per heavy atom. The molecule has 0 aliphatic heterocycles. The first-order chi connectivity index (χ1) is 10.2. The van der Waals surface area contributed by atoms with E-state index in [0.29, 0.717) is 5.92 Å². The molecule has 0 fully saturated rings. The second-order valence-corrected chi connectivity index (χ2v) is 13.2. The summed E-state index contributed by atoms with van der Waals surface area (Å²) in [6.45, 7) is 0. The van der Waals surface area contributed by atoms with Gasteiger partial charge in [0.05, 0.1) is 0 Å². The number of hydrogen-bond donors (Lipinski definition) is 1. The Labute approximate surface area is 142 Å². The van der Waals surface area contributed by atoms with E-state index >= 15 is 0 Å². The fourth-order valence-electron chi connectivity index (χ4n) is 3.59. The van der Waals surface area contributed by atoms with E-state index in [-0.39, 0.29) is 0 Å². The van der Waals surface area contributed by atoms with Crippen molar-refractivity contribution in [2.75, 3.05) is 0 Å². The van der Waals surface area contributed by atoms with E-state index in [2.05, 4.69) is 36.4 Å². The van der Waals surface area contributed by atoms with Crippen LogP contribution in [0.4, 0.5) is 0 Å². The summed E-state index contributed by atoms with van der Waals surface area (Å²) >= 11 is -1.23. The minimum atomic E-state index is -1.23. The van der Waals surface area contributed by atoms with E-state index in [4.69, 9.17) is 8.25 Å². The van der Waals surface area contributed by atoms with Gasteiger partial charge in [-0.25, -0.2) is 0 Å². The summed E-state index contributed by atoms with van der Waals surface area (Å²) in [5, 5.41) is 11.2. The van der Waals surface area contributed by atoms with Gasteiger partial charge in [-0.05, 0) is 0 Å². The number of aliphatic hydroxyl groups is 1. The summed E-state index contributed by atoms with van der Waals surface area (Å²) in [4.78, 5) is 0. The van der Waals surface area contributed by atoms with Gasteiger partial charge in [0.15, 0.2) is 0 Å². The second kappa shape index (κ2) is 6.81. The molecule has 0 aromatic heterocycles. The Morgan fingerprint density at radius 1 is 1.10 bits per heavy atom. The topological polar surface area (TPSA) is 20.2 Å². The van der Waals surface area contributed by atoms with Crippen molar-refractivity contribution in [1.82, 2.24) is 0 Å². The number of benzene rings is 2. The molecule has 0 unspecified atom stereocenters. The first kappa shape index (κ1) is 15.5. The summed E-state index contributed by atoms with van der Waals surface area (Å²) in [7, 11) is 6.20. The number of fused-ring (bicyclic) bond motifs is 1. The molecule has 1 aliphatic carbocycles. The Bertz CT molecular complexity index is 601. The van der Waals surface area contributed by atoms with Gasteiger partial charge in [0.25, 0.3) is 0 Å². The van der Waals surface area contributed by atoms with Crippen molar-refractivity contribution in [2.45, 2.75) is 34.7 Å². The molecule has 2 atom stereocenters. The van der Waals surface area contributed by atoms with Crippen LogP contribution in [0.25, 0.3) is 0 Å². The normalized spacial score (nSPS) is 24.2. The third kappa shape index (κ3) is 3.69. The molecular formula is C18H19ClHgO. The van der Waals surface area contributed by atoms with Crippen molar-refractivity contribution in [3.05, 3.63) is 71.3 Å². The first-order valence-electron chi connectivity index (χ1n) is 7.60. The van der Waals surface area contributed by atoms with Crippen LogP contribution in [0.3, 0.4) is 0 Å². The molecule has 1 nitrogen and oxygen atoms in total. The Hall–Kier alpha value is -0.375. The van der Waals surface area contributed by atoms with E-state index in [0.717, 1.165) is 23.2 Å². The fraction of sp³-hybridized carbons (Fsp3) is 0.333. The van der Waals surface area contributed by atoms with Crippen LogP contribution in [0.5, 0.6) is 0 Å². The van der Waals surface area contributed by atoms with Gasteiger partial charge >= 0.3 is 143 Å². The van der Waals surface area contributed by atoms with Crippen molar-refractivity contribution in [1.29, 1.82) is 0 Å². The van der Waals surface area contributed by atoms with Crippen LogP contribution in [0.15, 0.2) is 54.6 Å². The molecule has 1 N–H and O–H groups in total. The summed E-state index contributed by atoms with van der Waals surface area (Å²) in [5.74, 6) is 0.461.